The summed E-state index contributed by atoms with van der Waals surface area (Å²) in [5.74, 6) is 1.50. The quantitative estimate of drug-likeness (QED) is 0.772. The number of hydrogen-bond acceptors (Lipinski definition) is 5. The molecular weight excluding hydrogens is 300 g/mol. The van der Waals surface area contributed by atoms with Gasteiger partial charge in [0.2, 0.25) is 5.95 Å². The molecule has 3 heterocycles. The number of piperidine rings is 1. The SMILES string of the molecule is CN(CC1CCNCC1)c1nccc(-c2ccc3[nH]ncc3c2)n1. The number of aromatic nitrogens is 4. The molecule has 24 heavy (non-hydrogen) atoms. The van der Waals surface area contributed by atoms with Crippen LogP contribution in [0.5, 0.6) is 0 Å². The maximum Gasteiger partial charge on any atom is 0.225 e. The minimum atomic E-state index is 0.714. The molecule has 6 nitrogen and oxygen atoms in total. The highest BCUT2D eigenvalue weighted by Gasteiger charge is 2.16. The van der Waals surface area contributed by atoms with Crippen LogP contribution in [-0.4, -0.2) is 46.8 Å². The first-order valence-corrected chi connectivity index (χ1v) is 8.48. The summed E-state index contributed by atoms with van der Waals surface area (Å²) in [5, 5.41) is 11.6. The van der Waals surface area contributed by atoms with Crippen molar-refractivity contribution < 1.29 is 0 Å². The Balaban J connectivity index is 1.55. The zero-order valence-electron chi connectivity index (χ0n) is 13.9. The van der Waals surface area contributed by atoms with Gasteiger partial charge < -0.3 is 10.2 Å². The van der Waals surface area contributed by atoms with Gasteiger partial charge in [-0.3, -0.25) is 5.10 Å². The van der Waals surface area contributed by atoms with Crippen LogP contribution in [0.2, 0.25) is 0 Å². The van der Waals surface area contributed by atoms with Gasteiger partial charge in [-0.15, -0.1) is 0 Å². The first-order valence-electron chi connectivity index (χ1n) is 8.48. The normalized spacial score (nSPS) is 15.7. The van der Waals surface area contributed by atoms with Crippen molar-refractivity contribution in [3.63, 3.8) is 0 Å². The maximum atomic E-state index is 4.77. The number of hydrogen-bond donors (Lipinski definition) is 2. The molecule has 2 N–H and O–H groups in total. The Labute approximate surface area is 141 Å². The van der Waals surface area contributed by atoms with Crippen molar-refractivity contribution in [1.82, 2.24) is 25.5 Å². The Morgan fingerprint density at radius 1 is 1.21 bits per heavy atom. The molecule has 0 amide bonds. The van der Waals surface area contributed by atoms with E-state index in [2.05, 4.69) is 44.6 Å². The van der Waals surface area contributed by atoms with Crippen LogP contribution in [0.25, 0.3) is 22.2 Å². The number of benzene rings is 1. The highest BCUT2D eigenvalue weighted by atomic mass is 15.2. The van der Waals surface area contributed by atoms with Crippen LogP contribution in [-0.2, 0) is 0 Å². The Morgan fingerprint density at radius 3 is 2.96 bits per heavy atom. The molecule has 0 atom stereocenters. The lowest BCUT2D eigenvalue weighted by Crippen LogP contribution is -2.35. The lowest BCUT2D eigenvalue weighted by molar-refractivity contribution is 0.377. The predicted octanol–water partition coefficient (Wildman–Crippen LogP) is 2.46. The number of H-pyrrole nitrogens is 1. The summed E-state index contributed by atoms with van der Waals surface area (Å²) >= 11 is 0. The van der Waals surface area contributed by atoms with Gasteiger partial charge in [0.25, 0.3) is 0 Å². The number of fused-ring (bicyclic) bond motifs is 1. The van der Waals surface area contributed by atoms with Crippen LogP contribution >= 0.6 is 0 Å². The van der Waals surface area contributed by atoms with Crippen LogP contribution in [0, 0.1) is 5.92 Å². The minimum Gasteiger partial charge on any atom is -0.344 e. The molecule has 4 rings (SSSR count). The molecule has 1 saturated heterocycles. The van der Waals surface area contributed by atoms with Gasteiger partial charge in [0.05, 0.1) is 17.4 Å². The maximum absolute atomic E-state index is 4.77. The van der Waals surface area contributed by atoms with Crippen LogP contribution in [0.3, 0.4) is 0 Å². The van der Waals surface area contributed by atoms with E-state index in [-0.39, 0.29) is 0 Å². The largest absolute Gasteiger partial charge is 0.344 e. The topological polar surface area (TPSA) is 69.7 Å². The van der Waals surface area contributed by atoms with Crippen molar-refractivity contribution in [3.8, 4) is 11.3 Å². The van der Waals surface area contributed by atoms with E-state index in [4.69, 9.17) is 4.98 Å². The molecule has 1 fully saturated rings. The van der Waals surface area contributed by atoms with Crippen LogP contribution < -0.4 is 10.2 Å². The average Bonchev–Trinajstić information content (AvgIpc) is 3.10. The van der Waals surface area contributed by atoms with Gasteiger partial charge in [0.1, 0.15) is 0 Å². The number of nitrogens with zero attached hydrogens (tertiary/aromatic N) is 4. The predicted molar refractivity (Wildman–Crippen MR) is 96.0 cm³/mol. The third kappa shape index (κ3) is 3.10. The monoisotopic (exact) mass is 322 g/mol. The number of nitrogens with one attached hydrogen (secondary N) is 2. The fourth-order valence-electron chi connectivity index (χ4n) is 3.33. The number of anilines is 1. The first-order chi connectivity index (χ1) is 11.8. The second-order valence-corrected chi connectivity index (χ2v) is 6.49. The molecule has 124 valence electrons. The molecule has 0 radical (unpaired) electrons. The van der Waals surface area contributed by atoms with Crippen molar-refractivity contribution in [1.29, 1.82) is 0 Å². The van der Waals surface area contributed by atoms with E-state index < -0.39 is 0 Å². The lowest BCUT2D eigenvalue weighted by Gasteiger charge is -2.27. The summed E-state index contributed by atoms with van der Waals surface area (Å²) in [4.78, 5) is 11.4. The Morgan fingerprint density at radius 2 is 2.08 bits per heavy atom. The van der Waals surface area contributed by atoms with Crippen molar-refractivity contribution in [2.45, 2.75) is 12.8 Å². The number of rotatable bonds is 4. The summed E-state index contributed by atoms with van der Waals surface area (Å²) in [7, 11) is 2.08. The van der Waals surface area contributed by atoms with E-state index in [0.29, 0.717) is 5.92 Å². The van der Waals surface area contributed by atoms with Gasteiger partial charge in [-0.1, -0.05) is 6.07 Å². The molecule has 0 unspecified atom stereocenters. The van der Waals surface area contributed by atoms with E-state index >= 15 is 0 Å². The van der Waals surface area contributed by atoms with Crippen molar-refractivity contribution in [2.24, 2.45) is 5.92 Å². The fourth-order valence-corrected chi connectivity index (χ4v) is 3.33. The average molecular weight is 322 g/mol. The molecule has 6 heteroatoms. The zero-order valence-corrected chi connectivity index (χ0v) is 13.9. The molecular formula is C18H22N6. The van der Waals surface area contributed by atoms with Gasteiger partial charge in [-0.05, 0) is 50.0 Å². The van der Waals surface area contributed by atoms with Crippen LogP contribution in [0.15, 0.2) is 36.7 Å². The van der Waals surface area contributed by atoms with Gasteiger partial charge >= 0.3 is 0 Å². The lowest BCUT2D eigenvalue weighted by atomic mass is 9.98. The summed E-state index contributed by atoms with van der Waals surface area (Å²) in [6.07, 6.45) is 6.13. The van der Waals surface area contributed by atoms with Gasteiger partial charge in [-0.2, -0.15) is 5.10 Å². The molecule has 0 bridgehead atoms. The molecule has 0 aliphatic carbocycles. The van der Waals surface area contributed by atoms with E-state index in [1.54, 1.807) is 0 Å². The van der Waals surface area contributed by atoms with E-state index in [9.17, 15) is 0 Å². The highest BCUT2D eigenvalue weighted by molar-refractivity contribution is 5.83. The molecule has 0 saturated carbocycles. The summed E-state index contributed by atoms with van der Waals surface area (Å²) < 4.78 is 0. The van der Waals surface area contributed by atoms with E-state index in [0.717, 1.165) is 47.7 Å². The zero-order chi connectivity index (χ0) is 16.4. The van der Waals surface area contributed by atoms with Crippen molar-refractivity contribution in [3.05, 3.63) is 36.7 Å². The number of aromatic amines is 1. The van der Waals surface area contributed by atoms with Gasteiger partial charge in [0.15, 0.2) is 0 Å². The summed E-state index contributed by atoms with van der Waals surface area (Å²) in [5.41, 5.74) is 3.07. The summed E-state index contributed by atoms with van der Waals surface area (Å²) in [6.45, 7) is 3.24. The molecule has 2 aromatic heterocycles. The van der Waals surface area contributed by atoms with Gasteiger partial charge in [-0.25, -0.2) is 9.97 Å². The minimum absolute atomic E-state index is 0.714. The van der Waals surface area contributed by atoms with Crippen LogP contribution in [0.1, 0.15) is 12.8 Å². The fraction of sp³-hybridized carbons (Fsp3) is 0.389. The standard InChI is InChI=1S/C18H22N6/c1-24(12-13-4-7-19-8-5-13)18-20-9-6-16(22-18)14-2-3-17-15(10-14)11-21-23-17/h2-3,6,9-11,13,19H,4-5,7-8,12H2,1H3,(H,21,23). The second kappa shape index (κ2) is 6.57. The Hall–Kier alpha value is -2.47. The van der Waals surface area contributed by atoms with Gasteiger partial charge in [0, 0.05) is 30.7 Å². The van der Waals surface area contributed by atoms with Crippen LogP contribution in [0.4, 0.5) is 5.95 Å². The molecule has 1 aliphatic rings. The highest BCUT2D eigenvalue weighted by Crippen LogP contribution is 2.23. The smallest absolute Gasteiger partial charge is 0.225 e. The van der Waals surface area contributed by atoms with E-state index in [1.807, 2.05) is 24.5 Å². The molecule has 1 aromatic carbocycles. The van der Waals surface area contributed by atoms with Crippen molar-refractivity contribution >= 4 is 16.9 Å². The Kier molecular flexibility index (Phi) is 4.13. The van der Waals surface area contributed by atoms with E-state index in [1.165, 1.54) is 12.8 Å². The Bertz CT molecular complexity index is 821. The third-order valence-corrected chi connectivity index (χ3v) is 4.71. The molecule has 0 spiro atoms. The first kappa shape index (κ1) is 15.1. The van der Waals surface area contributed by atoms with Crippen molar-refractivity contribution in [2.75, 3.05) is 31.6 Å². The third-order valence-electron chi connectivity index (χ3n) is 4.71. The summed E-state index contributed by atoms with van der Waals surface area (Å²) in [6, 6.07) is 8.18. The molecule has 3 aromatic rings. The second-order valence-electron chi connectivity index (χ2n) is 6.49. The molecule has 1 aliphatic heterocycles.